The first-order chi connectivity index (χ1) is 11.6. The summed E-state index contributed by atoms with van der Waals surface area (Å²) in [5, 5.41) is 9.60. The fraction of sp³-hybridized carbons (Fsp3) is 0.526. The average molecular weight is 328 g/mol. The Morgan fingerprint density at radius 3 is 2.71 bits per heavy atom. The van der Waals surface area contributed by atoms with Crippen LogP contribution in [0.4, 0.5) is 0 Å². The number of aliphatic hydroxyl groups is 1. The van der Waals surface area contributed by atoms with Gasteiger partial charge in [0.15, 0.2) is 0 Å². The van der Waals surface area contributed by atoms with Crippen molar-refractivity contribution in [2.24, 2.45) is 0 Å². The zero-order valence-corrected chi connectivity index (χ0v) is 14.7. The van der Waals surface area contributed by atoms with Crippen molar-refractivity contribution < 1.29 is 5.11 Å². The van der Waals surface area contributed by atoms with E-state index in [0.29, 0.717) is 6.04 Å². The number of hydrogen-bond acceptors (Lipinski definition) is 4. The summed E-state index contributed by atoms with van der Waals surface area (Å²) < 4.78 is 2.24. The summed E-state index contributed by atoms with van der Waals surface area (Å²) in [6.45, 7) is 9.66. The number of nitrogens with zero attached hydrogens (tertiary/aromatic N) is 4. The van der Waals surface area contributed by atoms with E-state index < -0.39 is 0 Å². The summed E-state index contributed by atoms with van der Waals surface area (Å²) in [6, 6.07) is 11.0. The second-order valence-electron chi connectivity index (χ2n) is 6.89. The minimum absolute atomic E-state index is 0.260. The Kier molecular flexibility index (Phi) is 5.66. The van der Waals surface area contributed by atoms with Gasteiger partial charge in [-0.3, -0.25) is 9.80 Å². The molecule has 0 unspecified atom stereocenters. The lowest BCUT2D eigenvalue weighted by molar-refractivity contribution is 0.0410. The predicted molar refractivity (Wildman–Crippen MR) is 95.8 cm³/mol. The molecule has 1 aromatic carbocycles. The van der Waals surface area contributed by atoms with Crippen LogP contribution < -0.4 is 0 Å². The van der Waals surface area contributed by atoms with E-state index in [1.54, 1.807) is 0 Å². The Morgan fingerprint density at radius 1 is 1.21 bits per heavy atom. The molecule has 0 amide bonds. The molecule has 0 saturated carbocycles. The molecule has 130 valence electrons. The molecule has 1 fully saturated rings. The molecule has 0 spiro atoms. The van der Waals surface area contributed by atoms with Gasteiger partial charge in [0.25, 0.3) is 0 Å². The van der Waals surface area contributed by atoms with Gasteiger partial charge in [0, 0.05) is 51.2 Å². The normalized spacial score (nSPS) is 21.0. The summed E-state index contributed by atoms with van der Waals surface area (Å²) >= 11 is 0. The van der Waals surface area contributed by atoms with Crippen molar-refractivity contribution in [1.29, 1.82) is 0 Å². The highest BCUT2D eigenvalue weighted by Crippen LogP contribution is 2.14. The molecule has 2 atom stereocenters. The van der Waals surface area contributed by atoms with Crippen molar-refractivity contribution in [3.63, 3.8) is 0 Å². The van der Waals surface area contributed by atoms with E-state index in [9.17, 15) is 5.11 Å². The van der Waals surface area contributed by atoms with Crippen molar-refractivity contribution in [2.75, 3.05) is 26.2 Å². The molecule has 1 N–H and O–H groups in total. The maximum Gasteiger partial charge on any atom is 0.123 e. The van der Waals surface area contributed by atoms with Gasteiger partial charge in [-0.1, -0.05) is 30.3 Å². The summed E-state index contributed by atoms with van der Waals surface area (Å²) in [6.07, 6.45) is 3.70. The van der Waals surface area contributed by atoms with Crippen LogP contribution in [0.2, 0.25) is 0 Å². The summed E-state index contributed by atoms with van der Waals surface area (Å²) in [5.41, 5.74) is 1.30. The molecule has 5 nitrogen and oxygen atoms in total. The molecule has 3 rings (SSSR count). The van der Waals surface area contributed by atoms with Gasteiger partial charge in [-0.15, -0.1) is 0 Å². The molecular weight excluding hydrogens is 300 g/mol. The van der Waals surface area contributed by atoms with Gasteiger partial charge in [-0.05, 0) is 19.4 Å². The van der Waals surface area contributed by atoms with Crippen molar-refractivity contribution >= 4 is 0 Å². The SMILES string of the molecule is C[C@H](O)CN1CCN(Cc2nccn2Cc2ccccc2)C[C@H]1C. The van der Waals surface area contributed by atoms with Gasteiger partial charge < -0.3 is 9.67 Å². The first kappa shape index (κ1) is 17.1. The Bertz CT molecular complexity index is 625. The standard InChI is InChI=1S/C19H28N4O/c1-16-12-21(10-11-22(16)13-17(2)24)15-19-20-8-9-23(19)14-18-6-4-3-5-7-18/h3-9,16-17,24H,10-15H2,1-2H3/t16-,17+/m1/s1. The monoisotopic (exact) mass is 328 g/mol. The van der Waals surface area contributed by atoms with Crippen LogP contribution in [-0.4, -0.2) is 62.8 Å². The summed E-state index contributed by atoms with van der Waals surface area (Å²) in [4.78, 5) is 9.40. The van der Waals surface area contributed by atoms with Gasteiger partial charge in [-0.25, -0.2) is 4.98 Å². The molecule has 24 heavy (non-hydrogen) atoms. The fourth-order valence-corrected chi connectivity index (χ4v) is 3.44. The van der Waals surface area contributed by atoms with E-state index in [-0.39, 0.29) is 6.10 Å². The molecule has 2 aromatic rings. The van der Waals surface area contributed by atoms with Gasteiger partial charge in [0.2, 0.25) is 0 Å². The topological polar surface area (TPSA) is 44.5 Å². The van der Waals surface area contributed by atoms with Crippen molar-refractivity contribution in [3.05, 3.63) is 54.1 Å². The van der Waals surface area contributed by atoms with Crippen molar-refractivity contribution in [1.82, 2.24) is 19.4 Å². The summed E-state index contributed by atoms with van der Waals surface area (Å²) in [5.74, 6) is 1.12. The third-order valence-corrected chi connectivity index (χ3v) is 4.71. The quantitative estimate of drug-likeness (QED) is 0.878. The average Bonchev–Trinajstić information content (AvgIpc) is 2.98. The van der Waals surface area contributed by atoms with E-state index in [2.05, 4.69) is 56.7 Å². The van der Waals surface area contributed by atoms with E-state index in [1.807, 2.05) is 19.2 Å². The van der Waals surface area contributed by atoms with Gasteiger partial charge in [0.05, 0.1) is 12.6 Å². The maximum absolute atomic E-state index is 9.60. The van der Waals surface area contributed by atoms with Crippen molar-refractivity contribution in [3.8, 4) is 0 Å². The number of benzene rings is 1. The van der Waals surface area contributed by atoms with E-state index in [4.69, 9.17) is 0 Å². The first-order valence-electron chi connectivity index (χ1n) is 8.80. The van der Waals surface area contributed by atoms with Crippen LogP contribution in [0.25, 0.3) is 0 Å². The van der Waals surface area contributed by atoms with E-state index in [0.717, 1.165) is 45.1 Å². The molecule has 0 radical (unpaired) electrons. The molecule has 0 aliphatic carbocycles. The zero-order valence-electron chi connectivity index (χ0n) is 14.7. The minimum Gasteiger partial charge on any atom is -0.392 e. The van der Waals surface area contributed by atoms with Crippen LogP contribution in [-0.2, 0) is 13.1 Å². The number of aromatic nitrogens is 2. The number of hydrogen-bond donors (Lipinski definition) is 1. The molecular formula is C19H28N4O. The van der Waals surface area contributed by atoms with Crippen LogP contribution in [0.3, 0.4) is 0 Å². The number of imidazole rings is 1. The van der Waals surface area contributed by atoms with Crippen molar-refractivity contribution in [2.45, 2.75) is 39.1 Å². The molecule has 2 heterocycles. The third-order valence-electron chi connectivity index (χ3n) is 4.71. The Morgan fingerprint density at radius 2 is 2.00 bits per heavy atom. The first-order valence-corrected chi connectivity index (χ1v) is 8.80. The second kappa shape index (κ2) is 7.92. The number of rotatable bonds is 6. The highest BCUT2D eigenvalue weighted by atomic mass is 16.3. The zero-order chi connectivity index (χ0) is 16.9. The Balaban J connectivity index is 1.59. The molecule has 1 aromatic heterocycles. The molecule has 1 aliphatic rings. The molecule has 5 heteroatoms. The highest BCUT2D eigenvalue weighted by molar-refractivity contribution is 5.15. The van der Waals surface area contributed by atoms with Crippen LogP contribution in [0.1, 0.15) is 25.2 Å². The van der Waals surface area contributed by atoms with Gasteiger partial charge in [0.1, 0.15) is 5.82 Å². The smallest absolute Gasteiger partial charge is 0.123 e. The Hall–Kier alpha value is -1.69. The molecule has 1 saturated heterocycles. The number of piperazine rings is 1. The number of β-amino-alcohol motifs (C(OH)–C–C–N with tert-alkyl or cyclic N) is 1. The van der Waals surface area contributed by atoms with Gasteiger partial charge in [-0.2, -0.15) is 0 Å². The molecule has 1 aliphatic heterocycles. The summed E-state index contributed by atoms with van der Waals surface area (Å²) in [7, 11) is 0. The highest BCUT2D eigenvalue weighted by Gasteiger charge is 2.25. The third kappa shape index (κ3) is 4.44. The Labute approximate surface area is 144 Å². The van der Waals surface area contributed by atoms with Crippen LogP contribution in [0, 0.1) is 0 Å². The lowest BCUT2D eigenvalue weighted by atomic mass is 10.1. The fourth-order valence-electron chi connectivity index (χ4n) is 3.44. The van der Waals surface area contributed by atoms with Crippen LogP contribution in [0.15, 0.2) is 42.7 Å². The largest absolute Gasteiger partial charge is 0.392 e. The minimum atomic E-state index is -0.260. The lowest BCUT2D eigenvalue weighted by Crippen LogP contribution is -2.53. The molecule has 0 bridgehead atoms. The van der Waals surface area contributed by atoms with Gasteiger partial charge >= 0.3 is 0 Å². The second-order valence-corrected chi connectivity index (χ2v) is 6.89. The van der Waals surface area contributed by atoms with E-state index >= 15 is 0 Å². The lowest BCUT2D eigenvalue weighted by Gasteiger charge is -2.40. The maximum atomic E-state index is 9.60. The predicted octanol–water partition coefficient (Wildman–Crippen LogP) is 1.82. The number of aliphatic hydroxyl groups excluding tert-OH is 1. The van der Waals surface area contributed by atoms with E-state index in [1.165, 1.54) is 5.56 Å². The van der Waals surface area contributed by atoms with Crippen LogP contribution >= 0.6 is 0 Å². The van der Waals surface area contributed by atoms with Crippen LogP contribution in [0.5, 0.6) is 0 Å².